The monoisotopic (exact) mass is 897 g/mol. The Labute approximate surface area is 378 Å². The molecular formula is C50H91NO10P+. The molecule has 1 unspecified atom stereocenters. The molecule has 0 rings (SSSR count). The predicted molar refractivity (Wildman–Crippen MR) is 255 cm³/mol. The zero-order valence-electron chi connectivity index (χ0n) is 39.8. The largest absolute Gasteiger partial charge is 0.472 e. The van der Waals surface area contributed by atoms with Crippen LogP contribution in [0.25, 0.3) is 0 Å². The third-order valence-electron chi connectivity index (χ3n) is 10.2. The maximum absolute atomic E-state index is 12.7. The van der Waals surface area contributed by atoms with Gasteiger partial charge in [0.05, 0.1) is 40.0 Å². The molecular weight excluding hydrogens is 806 g/mol. The standard InChI is InChI=1S/C50H90NO10P/c1-6-8-10-12-14-16-18-20-21-22-23-24-25-26-28-30-32-34-36-40-50(55)61-46(45-60-62(56,57)59-43-42-51(3,4)5)44-58-49(54)41-37-39-48(53)47(52)38-35-33-31-29-27-19-17-15-13-11-9-7-2/h9,11,15,17,20-21,27,29,33,35,46-48,52-53H,6-8,10,12-14,16,18-19,22-26,28,30-32,34,36-45H2,1-5H3/p+1/b11-9-,17-15-,21-20-,29-27-,35-33-/t46-,47+,48+/m1/s1. The Balaban J connectivity index is 4.52. The van der Waals surface area contributed by atoms with Crippen molar-refractivity contribution < 1.29 is 52.3 Å². The number of rotatable bonds is 43. The van der Waals surface area contributed by atoms with E-state index in [9.17, 15) is 29.3 Å². The van der Waals surface area contributed by atoms with Crippen LogP contribution in [0.1, 0.15) is 181 Å². The van der Waals surface area contributed by atoms with Gasteiger partial charge in [-0.05, 0) is 77.0 Å². The number of ether oxygens (including phenoxy) is 2. The van der Waals surface area contributed by atoms with Crippen LogP contribution < -0.4 is 0 Å². The lowest BCUT2D eigenvalue weighted by Crippen LogP contribution is -2.37. The van der Waals surface area contributed by atoms with Crippen LogP contribution in [-0.2, 0) is 32.7 Å². The first-order valence-electron chi connectivity index (χ1n) is 24.2. The number of nitrogens with zero attached hydrogens (tertiary/aromatic N) is 1. The fraction of sp³-hybridized carbons (Fsp3) is 0.760. The lowest BCUT2D eigenvalue weighted by Gasteiger charge is -2.24. The van der Waals surface area contributed by atoms with Crippen LogP contribution >= 0.6 is 7.82 Å². The highest BCUT2D eigenvalue weighted by molar-refractivity contribution is 7.47. The van der Waals surface area contributed by atoms with E-state index in [4.69, 9.17) is 18.5 Å². The first-order valence-corrected chi connectivity index (χ1v) is 25.7. The van der Waals surface area contributed by atoms with Crippen molar-refractivity contribution in [1.82, 2.24) is 0 Å². The SMILES string of the molecule is CC/C=C\C/C=C\C/C=C\C/C=C\C[C@H](O)[C@@H](O)CCCC(=O)OC[C@H](COP(=O)(O)OCC[N+](C)(C)C)OC(=O)CCCCCCCCCCC/C=C\CCCCCCCC. The summed E-state index contributed by atoms with van der Waals surface area (Å²) in [4.78, 5) is 35.5. The van der Waals surface area contributed by atoms with Crippen LogP contribution in [-0.4, -0.2) is 97.3 Å². The molecule has 0 saturated heterocycles. The van der Waals surface area contributed by atoms with Gasteiger partial charge in [0.1, 0.15) is 19.8 Å². The van der Waals surface area contributed by atoms with Crippen molar-refractivity contribution >= 4 is 19.8 Å². The lowest BCUT2D eigenvalue weighted by atomic mass is 10.0. The molecule has 12 heteroatoms. The number of carbonyl (C=O) groups excluding carboxylic acids is 2. The summed E-state index contributed by atoms with van der Waals surface area (Å²) in [6.45, 7) is 3.97. The molecule has 0 saturated carbocycles. The summed E-state index contributed by atoms with van der Waals surface area (Å²) in [5.74, 6) is -1.09. The number of hydrogen-bond acceptors (Lipinski definition) is 9. The number of hydrogen-bond donors (Lipinski definition) is 3. The third-order valence-corrected chi connectivity index (χ3v) is 11.2. The van der Waals surface area contributed by atoms with E-state index in [0.717, 1.165) is 44.9 Å². The number of esters is 2. The molecule has 11 nitrogen and oxygen atoms in total. The van der Waals surface area contributed by atoms with Crippen molar-refractivity contribution in [2.24, 2.45) is 0 Å². The molecule has 0 fully saturated rings. The van der Waals surface area contributed by atoms with Crippen molar-refractivity contribution in [3.05, 3.63) is 60.8 Å². The fourth-order valence-corrected chi connectivity index (χ4v) is 7.07. The van der Waals surface area contributed by atoms with E-state index in [1.807, 2.05) is 33.3 Å². The normalized spacial score (nSPS) is 15.0. The first kappa shape index (κ1) is 59.6. The Bertz CT molecular complexity index is 1270. The summed E-state index contributed by atoms with van der Waals surface area (Å²) in [6.07, 6.45) is 43.0. The maximum Gasteiger partial charge on any atom is 0.472 e. The minimum Gasteiger partial charge on any atom is -0.462 e. The van der Waals surface area contributed by atoms with Crippen LogP contribution in [0.5, 0.6) is 0 Å². The Hall–Kier alpha value is -2.37. The van der Waals surface area contributed by atoms with Crippen LogP contribution in [0.2, 0.25) is 0 Å². The van der Waals surface area contributed by atoms with Crippen molar-refractivity contribution in [3.63, 3.8) is 0 Å². The fourth-order valence-electron chi connectivity index (χ4n) is 6.33. The molecule has 0 amide bonds. The number of phosphoric acid groups is 1. The number of aliphatic hydroxyl groups excluding tert-OH is 2. The molecule has 4 atom stereocenters. The van der Waals surface area contributed by atoms with Crippen molar-refractivity contribution in [2.75, 3.05) is 47.5 Å². The molecule has 0 aliphatic rings. The Morgan fingerprint density at radius 3 is 1.63 bits per heavy atom. The van der Waals surface area contributed by atoms with Crippen LogP contribution in [0.3, 0.4) is 0 Å². The van der Waals surface area contributed by atoms with Gasteiger partial charge in [0, 0.05) is 12.8 Å². The van der Waals surface area contributed by atoms with E-state index in [1.54, 1.807) is 0 Å². The average Bonchev–Trinajstić information content (AvgIpc) is 3.22. The van der Waals surface area contributed by atoms with Gasteiger partial charge in [0.2, 0.25) is 0 Å². The second-order valence-corrected chi connectivity index (χ2v) is 18.9. The number of unbranched alkanes of at least 4 members (excludes halogenated alkanes) is 15. The highest BCUT2D eigenvalue weighted by Gasteiger charge is 2.27. The molecule has 0 aliphatic carbocycles. The van der Waals surface area contributed by atoms with E-state index < -0.39 is 44.7 Å². The predicted octanol–water partition coefficient (Wildman–Crippen LogP) is 12.0. The van der Waals surface area contributed by atoms with E-state index >= 15 is 0 Å². The molecule has 0 spiro atoms. The number of carbonyl (C=O) groups is 2. The minimum absolute atomic E-state index is 0.0162. The van der Waals surface area contributed by atoms with Gasteiger partial charge in [-0.25, -0.2) is 4.57 Å². The van der Waals surface area contributed by atoms with Gasteiger partial charge in [-0.1, -0.05) is 152 Å². The summed E-state index contributed by atoms with van der Waals surface area (Å²) in [5, 5.41) is 20.8. The highest BCUT2D eigenvalue weighted by Crippen LogP contribution is 2.43. The quantitative estimate of drug-likeness (QED) is 0.0177. The van der Waals surface area contributed by atoms with Crippen molar-refractivity contribution in [1.29, 1.82) is 0 Å². The van der Waals surface area contributed by atoms with Crippen LogP contribution in [0.15, 0.2) is 60.8 Å². The van der Waals surface area contributed by atoms with Gasteiger partial charge in [-0.3, -0.25) is 18.6 Å². The molecule has 360 valence electrons. The summed E-state index contributed by atoms with van der Waals surface area (Å²) < 4.78 is 34.2. The second-order valence-electron chi connectivity index (χ2n) is 17.4. The summed E-state index contributed by atoms with van der Waals surface area (Å²) in [7, 11) is 1.32. The zero-order chi connectivity index (χ0) is 46.0. The average molecular weight is 897 g/mol. The molecule has 0 bridgehead atoms. The van der Waals surface area contributed by atoms with Gasteiger partial charge >= 0.3 is 19.8 Å². The third kappa shape index (κ3) is 42.9. The number of likely N-dealkylation sites (N-methyl/N-ethyl adjacent to an activating group) is 1. The van der Waals surface area contributed by atoms with Gasteiger partial charge in [-0.15, -0.1) is 0 Å². The minimum atomic E-state index is -4.45. The smallest absolute Gasteiger partial charge is 0.462 e. The topological polar surface area (TPSA) is 149 Å². The van der Waals surface area contributed by atoms with E-state index in [2.05, 4.69) is 62.5 Å². The molecule has 0 aromatic carbocycles. The summed E-state index contributed by atoms with van der Waals surface area (Å²) in [5.41, 5.74) is 0. The lowest BCUT2D eigenvalue weighted by molar-refractivity contribution is -0.870. The Kier molecular flexibility index (Phi) is 39.8. The van der Waals surface area contributed by atoms with Gasteiger partial charge < -0.3 is 29.1 Å². The molecule has 0 aliphatic heterocycles. The zero-order valence-corrected chi connectivity index (χ0v) is 40.7. The highest BCUT2D eigenvalue weighted by atomic mass is 31.2. The van der Waals surface area contributed by atoms with Crippen LogP contribution in [0.4, 0.5) is 0 Å². The molecule has 3 N–H and O–H groups in total. The van der Waals surface area contributed by atoms with Gasteiger partial charge in [-0.2, -0.15) is 0 Å². The summed E-state index contributed by atoms with van der Waals surface area (Å²) in [6, 6.07) is 0. The second kappa shape index (κ2) is 41.3. The number of allylic oxidation sites excluding steroid dienone is 9. The Morgan fingerprint density at radius 2 is 1.08 bits per heavy atom. The van der Waals surface area contributed by atoms with E-state index in [-0.39, 0.29) is 38.9 Å². The first-order chi connectivity index (χ1) is 29.8. The van der Waals surface area contributed by atoms with E-state index in [0.29, 0.717) is 23.9 Å². The number of phosphoric ester groups is 1. The van der Waals surface area contributed by atoms with Crippen LogP contribution in [0, 0.1) is 0 Å². The van der Waals surface area contributed by atoms with E-state index in [1.165, 1.54) is 83.5 Å². The molecule has 0 radical (unpaired) electrons. The molecule has 62 heavy (non-hydrogen) atoms. The molecule has 0 aromatic heterocycles. The number of quaternary nitrogens is 1. The number of aliphatic hydroxyl groups is 2. The van der Waals surface area contributed by atoms with Gasteiger partial charge in [0.25, 0.3) is 0 Å². The Morgan fingerprint density at radius 1 is 0.581 bits per heavy atom. The van der Waals surface area contributed by atoms with Crippen molar-refractivity contribution in [2.45, 2.75) is 199 Å². The molecule has 0 heterocycles. The van der Waals surface area contributed by atoms with Gasteiger partial charge in [0.15, 0.2) is 6.10 Å². The maximum atomic E-state index is 12.7. The van der Waals surface area contributed by atoms with Crippen molar-refractivity contribution in [3.8, 4) is 0 Å². The summed E-state index contributed by atoms with van der Waals surface area (Å²) >= 11 is 0. The molecule has 0 aromatic rings.